The third-order valence-corrected chi connectivity index (χ3v) is 7.45. The summed E-state index contributed by atoms with van der Waals surface area (Å²) in [6.07, 6.45) is 5.69. The van der Waals surface area contributed by atoms with E-state index in [-0.39, 0.29) is 11.8 Å². The van der Waals surface area contributed by atoms with Gasteiger partial charge in [0.25, 0.3) is 0 Å². The van der Waals surface area contributed by atoms with Crippen molar-refractivity contribution in [2.24, 2.45) is 9.50 Å². The molecular weight excluding hydrogens is 444 g/mol. The molecule has 6 nitrogen and oxygen atoms in total. The summed E-state index contributed by atoms with van der Waals surface area (Å²) in [4.78, 5) is 15.3. The number of anilines is 1. The lowest BCUT2D eigenvalue weighted by molar-refractivity contribution is 0.260. The molecule has 3 N–H and O–H groups in total. The molecule has 0 spiro atoms. The average Bonchev–Trinajstić information content (AvgIpc) is 3.28. The number of allylic oxidation sites excluding steroid dienone is 2. The molecule has 2 amide bonds. The molecule has 3 rings (SSSR count). The number of carbonyl (C=O) groups excluding carboxylic acids is 1. The third-order valence-electron chi connectivity index (χ3n) is 6.07. The second-order valence-electron chi connectivity index (χ2n) is 9.93. The van der Waals surface area contributed by atoms with E-state index in [2.05, 4.69) is 55.6 Å². The van der Waals surface area contributed by atoms with Gasteiger partial charge >= 0.3 is 6.03 Å². The summed E-state index contributed by atoms with van der Waals surface area (Å²) >= 11 is 0. The Morgan fingerprint density at radius 1 is 1.09 bits per heavy atom. The molecule has 0 radical (unpaired) electrons. The molecule has 34 heavy (non-hydrogen) atoms. The lowest BCUT2D eigenvalue weighted by Gasteiger charge is -2.22. The molecule has 7 heteroatoms. The molecular formula is C27H38N4O2S. The summed E-state index contributed by atoms with van der Waals surface area (Å²) in [7, 11) is 0.588. The molecule has 0 aromatic heterocycles. The van der Waals surface area contributed by atoms with Crippen molar-refractivity contribution in [3.05, 3.63) is 64.7 Å². The summed E-state index contributed by atoms with van der Waals surface area (Å²) in [5.41, 5.74) is 6.50. The molecule has 184 valence electrons. The number of amides is 2. The number of nitrogens with two attached hydrogens (primary N) is 1. The predicted molar refractivity (Wildman–Crippen MR) is 142 cm³/mol. The number of rotatable bonds is 7. The van der Waals surface area contributed by atoms with Gasteiger partial charge in [-0.05, 0) is 97.3 Å². The number of hydrogen-bond donors (Lipinski definition) is 2. The van der Waals surface area contributed by atoms with E-state index < -0.39 is 15.9 Å². The van der Waals surface area contributed by atoms with Crippen molar-refractivity contribution in [1.29, 1.82) is 0 Å². The quantitative estimate of drug-likeness (QED) is 0.472. The molecule has 2 aromatic rings. The Kier molecular flexibility index (Phi) is 8.34. The van der Waals surface area contributed by atoms with Gasteiger partial charge in [0.15, 0.2) is 0 Å². The zero-order valence-electron chi connectivity index (χ0n) is 21.2. The molecule has 1 atom stereocenters. The highest BCUT2D eigenvalue weighted by molar-refractivity contribution is 7.91. The van der Waals surface area contributed by atoms with E-state index in [1.165, 1.54) is 17.6 Å². The first-order valence-corrected chi connectivity index (χ1v) is 13.5. The zero-order valence-corrected chi connectivity index (χ0v) is 22.0. The first-order chi connectivity index (χ1) is 16.0. The highest BCUT2D eigenvalue weighted by Gasteiger charge is 2.20. The maximum absolute atomic E-state index is 13.1. The molecule has 0 fully saturated rings. The number of carbonyl (C=O) groups is 1. The fourth-order valence-corrected chi connectivity index (χ4v) is 5.25. The third kappa shape index (κ3) is 6.34. The van der Waals surface area contributed by atoms with Crippen LogP contribution in [0.2, 0.25) is 0 Å². The van der Waals surface area contributed by atoms with Crippen molar-refractivity contribution in [3.63, 3.8) is 0 Å². The van der Waals surface area contributed by atoms with E-state index in [1.807, 2.05) is 31.1 Å². The van der Waals surface area contributed by atoms with Crippen LogP contribution in [-0.4, -0.2) is 29.2 Å². The fourth-order valence-electron chi connectivity index (χ4n) is 4.32. The summed E-state index contributed by atoms with van der Waals surface area (Å²) in [5.74, 6) is 0.391. The van der Waals surface area contributed by atoms with Crippen molar-refractivity contribution < 1.29 is 9.00 Å². The van der Waals surface area contributed by atoms with Crippen LogP contribution >= 0.6 is 0 Å². The van der Waals surface area contributed by atoms with Crippen LogP contribution in [0.15, 0.2) is 51.7 Å². The van der Waals surface area contributed by atoms with Crippen molar-refractivity contribution in [2.75, 3.05) is 19.4 Å². The van der Waals surface area contributed by atoms with Gasteiger partial charge in [0.1, 0.15) is 9.92 Å². The fraction of sp³-hybridized carbons (Fsp3) is 0.444. The van der Waals surface area contributed by atoms with Gasteiger partial charge < -0.3 is 10.2 Å². The zero-order chi connectivity index (χ0) is 25.0. The second kappa shape index (κ2) is 10.8. The first-order valence-electron chi connectivity index (χ1n) is 11.9. The monoisotopic (exact) mass is 482 g/mol. The highest BCUT2D eigenvalue weighted by Crippen LogP contribution is 2.38. The van der Waals surface area contributed by atoms with Crippen LogP contribution < -0.4 is 10.5 Å². The van der Waals surface area contributed by atoms with Crippen LogP contribution in [0, 0.1) is 0 Å². The van der Waals surface area contributed by atoms with Crippen molar-refractivity contribution in [3.8, 4) is 0 Å². The Bertz CT molecular complexity index is 1160. The average molecular weight is 483 g/mol. The molecule has 1 aliphatic rings. The minimum atomic E-state index is -3.37. The molecule has 0 aliphatic heterocycles. The molecule has 0 saturated carbocycles. The van der Waals surface area contributed by atoms with E-state index in [0.717, 1.165) is 41.8 Å². The predicted octanol–water partition coefficient (Wildman–Crippen LogP) is 6.50. The van der Waals surface area contributed by atoms with Gasteiger partial charge in [0, 0.05) is 12.2 Å². The molecule has 0 saturated heterocycles. The maximum atomic E-state index is 13.1. The lowest BCUT2D eigenvalue weighted by Crippen LogP contribution is -2.19. The van der Waals surface area contributed by atoms with E-state index in [4.69, 9.17) is 5.14 Å². The van der Waals surface area contributed by atoms with Crippen LogP contribution in [0.5, 0.6) is 0 Å². The van der Waals surface area contributed by atoms with Crippen molar-refractivity contribution >= 4 is 27.2 Å². The Morgan fingerprint density at radius 3 is 2.15 bits per heavy atom. The normalized spacial score (nSPS) is 15.5. The maximum Gasteiger partial charge on any atom is 0.354 e. The topological polar surface area (TPSA) is 87.8 Å². The minimum absolute atomic E-state index is 0.196. The van der Waals surface area contributed by atoms with Gasteiger partial charge in [-0.2, -0.15) is 0 Å². The second-order valence-corrected chi connectivity index (χ2v) is 11.7. The largest absolute Gasteiger partial charge is 0.354 e. The van der Waals surface area contributed by atoms with E-state index in [0.29, 0.717) is 4.90 Å². The smallest absolute Gasteiger partial charge is 0.305 e. The number of nitrogens with one attached hydrogen (secondary N) is 1. The van der Waals surface area contributed by atoms with Gasteiger partial charge in [0.2, 0.25) is 0 Å². The van der Waals surface area contributed by atoms with Crippen LogP contribution in [-0.2, 0) is 16.5 Å². The summed E-state index contributed by atoms with van der Waals surface area (Å²) < 4.78 is 17.0. The van der Waals surface area contributed by atoms with Crippen LogP contribution in [0.1, 0.15) is 81.0 Å². The molecule has 2 aromatic carbocycles. The van der Waals surface area contributed by atoms with E-state index >= 15 is 0 Å². The molecule has 1 unspecified atom stereocenters. The van der Waals surface area contributed by atoms with Crippen molar-refractivity contribution in [1.82, 2.24) is 4.90 Å². The molecule has 0 bridgehead atoms. The number of benzene rings is 2. The van der Waals surface area contributed by atoms with Crippen LogP contribution in [0.25, 0.3) is 5.57 Å². The molecule has 1 aliphatic carbocycles. The van der Waals surface area contributed by atoms with Gasteiger partial charge in [0.05, 0.1) is 4.90 Å². The van der Waals surface area contributed by atoms with Gasteiger partial charge in [-0.25, -0.2) is 14.1 Å². The number of urea groups is 1. The minimum Gasteiger partial charge on any atom is -0.305 e. The van der Waals surface area contributed by atoms with Gasteiger partial charge in [-0.3, -0.25) is 0 Å². The Hall–Kier alpha value is -2.48. The number of nitrogens with zero attached hydrogens (tertiary/aromatic N) is 2. The highest BCUT2D eigenvalue weighted by atomic mass is 32.2. The summed E-state index contributed by atoms with van der Waals surface area (Å²) in [6, 6.07) is 10.7. The van der Waals surface area contributed by atoms with Crippen LogP contribution in [0.3, 0.4) is 0 Å². The summed E-state index contributed by atoms with van der Waals surface area (Å²) in [5, 5.41) is 8.96. The van der Waals surface area contributed by atoms with Gasteiger partial charge in [-0.15, -0.1) is 4.36 Å². The first kappa shape index (κ1) is 26.1. The van der Waals surface area contributed by atoms with Crippen LogP contribution in [0.4, 0.5) is 10.5 Å². The Morgan fingerprint density at radius 2 is 1.68 bits per heavy atom. The van der Waals surface area contributed by atoms with Gasteiger partial charge in [-0.1, -0.05) is 45.9 Å². The Balaban J connectivity index is 1.95. The number of hydrogen-bond acceptors (Lipinski definition) is 3. The van der Waals surface area contributed by atoms with Crippen molar-refractivity contribution in [2.45, 2.75) is 70.2 Å². The molecule has 0 heterocycles. The summed E-state index contributed by atoms with van der Waals surface area (Å²) in [6.45, 7) is 9.20. The van der Waals surface area contributed by atoms with E-state index in [1.54, 1.807) is 12.1 Å². The lowest BCUT2D eigenvalue weighted by atomic mass is 9.88. The Labute approximate surface area is 204 Å². The SMILES string of the molecule is CC(C)c1cc(C2=CCCC2)cc(C(C)C)c1NC(=O)N=S(N)(=O)c1ccc(CN(C)C)cc1. The standard InChI is InChI=1S/C27H38N4O2S/c1-18(2)24-15-22(21-9-7-8-10-21)16-25(19(3)4)26(24)29-27(32)30-34(28,33)23-13-11-20(12-14-23)17-31(5)6/h9,11-16,18-19H,7-8,10,17H2,1-6H3,(H3,28,29,30,32,33). The van der Waals surface area contributed by atoms with E-state index in [9.17, 15) is 9.00 Å².